The lowest BCUT2D eigenvalue weighted by Crippen LogP contribution is -2.20. The number of aromatic nitrogens is 2. The van der Waals surface area contributed by atoms with Gasteiger partial charge in [-0.2, -0.15) is 10.2 Å². The van der Waals surface area contributed by atoms with Gasteiger partial charge in [0, 0.05) is 16.8 Å². The third kappa shape index (κ3) is 3.46. The number of rotatable bonds is 5. The second kappa shape index (κ2) is 8.07. The first-order chi connectivity index (χ1) is 15.3. The van der Waals surface area contributed by atoms with Crippen molar-refractivity contribution in [1.29, 1.82) is 0 Å². The minimum atomic E-state index is -0.303. The highest BCUT2D eigenvalue weighted by Crippen LogP contribution is 2.28. The summed E-state index contributed by atoms with van der Waals surface area (Å²) in [5.41, 5.74) is 7.00. The number of carbonyl (C=O) groups excluding carboxylic acids is 1. The van der Waals surface area contributed by atoms with E-state index in [4.69, 9.17) is 4.74 Å². The summed E-state index contributed by atoms with van der Waals surface area (Å²) in [7, 11) is 1.62. The molecule has 6 nitrogen and oxygen atoms in total. The Morgan fingerprint density at radius 2 is 1.87 bits per heavy atom. The number of benzene rings is 3. The zero-order chi connectivity index (χ0) is 21.2. The molecule has 0 saturated carbocycles. The molecule has 4 aromatic rings. The average Bonchev–Trinajstić information content (AvgIpc) is 3.42. The van der Waals surface area contributed by atoms with E-state index in [-0.39, 0.29) is 5.91 Å². The molecule has 0 unspecified atom stereocenters. The third-order valence-electron chi connectivity index (χ3n) is 5.66. The van der Waals surface area contributed by atoms with Crippen molar-refractivity contribution >= 4 is 22.9 Å². The third-order valence-corrected chi connectivity index (χ3v) is 5.66. The molecule has 5 rings (SSSR count). The Kier molecular flexibility index (Phi) is 4.96. The van der Waals surface area contributed by atoms with E-state index < -0.39 is 0 Å². The Hall–Kier alpha value is -3.93. The Morgan fingerprint density at radius 1 is 1.06 bits per heavy atom. The van der Waals surface area contributed by atoms with E-state index in [0.717, 1.165) is 52.5 Å². The van der Waals surface area contributed by atoms with Crippen molar-refractivity contribution in [3.05, 3.63) is 89.2 Å². The molecule has 0 fully saturated rings. The highest BCUT2D eigenvalue weighted by atomic mass is 16.5. The van der Waals surface area contributed by atoms with E-state index in [2.05, 4.69) is 15.6 Å². The van der Waals surface area contributed by atoms with Gasteiger partial charge in [0.1, 0.15) is 5.75 Å². The molecule has 0 bridgehead atoms. The zero-order valence-corrected chi connectivity index (χ0v) is 17.2. The number of methoxy groups -OCH3 is 1. The molecule has 0 spiro atoms. The number of hydrazone groups is 1. The number of nitrogens with zero attached hydrogens (tertiary/aromatic N) is 3. The van der Waals surface area contributed by atoms with Crippen LogP contribution >= 0.6 is 0 Å². The van der Waals surface area contributed by atoms with Crippen molar-refractivity contribution in [1.82, 2.24) is 15.2 Å². The van der Waals surface area contributed by atoms with E-state index in [9.17, 15) is 4.79 Å². The van der Waals surface area contributed by atoms with Crippen LogP contribution in [0, 0.1) is 0 Å². The van der Waals surface area contributed by atoms with E-state index in [1.165, 1.54) is 0 Å². The van der Waals surface area contributed by atoms with Gasteiger partial charge in [-0.1, -0.05) is 48.5 Å². The topological polar surface area (TPSA) is 68.5 Å². The van der Waals surface area contributed by atoms with Crippen molar-refractivity contribution in [2.75, 3.05) is 7.11 Å². The zero-order valence-electron chi connectivity index (χ0n) is 17.2. The highest BCUT2D eigenvalue weighted by molar-refractivity contribution is 6.03. The molecule has 6 heteroatoms. The van der Waals surface area contributed by atoms with Crippen molar-refractivity contribution in [2.24, 2.45) is 5.10 Å². The minimum Gasteiger partial charge on any atom is -0.496 e. The predicted molar refractivity (Wildman–Crippen MR) is 121 cm³/mol. The molecule has 0 saturated heterocycles. The van der Waals surface area contributed by atoms with E-state index >= 15 is 0 Å². The molecule has 1 heterocycles. The van der Waals surface area contributed by atoms with Crippen LogP contribution < -0.4 is 10.2 Å². The molecule has 1 amide bonds. The lowest BCUT2D eigenvalue weighted by molar-refractivity contribution is 0.0949. The van der Waals surface area contributed by atoms with Crippen LogP contribution in [0.3, 0.4) is 0 Å². The maximum atomic E-state index is 12.9. The average molecular weight is 410 g/mol. The number of ether oxygens (including phenoxy) is 1. The molecular weight excluding hydrogens is 388 g/mol. The standard InChI is InChI=1S/C25H22N4O2/c1-31-23-15-14-17-8-5-6-11-19(17)21(23)16-26-27-25(30)24-20-12-7-13-22(20)29(28-24)18-9-3-2-4-10-18/h2-6,8-11,14-16H,7,12-13H2,1H3,(H,27,30)/b26-16+. The van der Waals surface area contributed by atoms with Crippen LogP contribution in [0.25, 0.3) is 16.5 Å². The molecule has 1 N–H and O–H groups in total. The summed E-state index contributed by atoms with van der Waals surface area (Å²) in [6.07, 6.45) is 4.43. The molecule has 1 aliphatic carbocycles. The summed E-state index contributed by atoms with van der Waals surface area (Å²) in [6.45, 7) is 0. The summed E-state index contributed by atoms with van der Waals surface area (Å²) in [5, 5.41) is 10.9. The van der Waals surface area contributed by atoms with Gasteiger partial charge in [-0.15, -0.1) is 0 Å². The lowest BCUT2D eigenvalue weighted by atomic mass is 10.0. The van der Waals surface area contributed by atoms with E-state index in [1.54, 1.807) is 13.3 Å². The van der Waals surface area contributed by atoms with Crippen molar-refractivity contribution in [2.45, 2.75) is 19.3 Å². The van der Waals surface area contributed by atoms with Crippen LogP contribution in [0.5, 0.6) is 5.75 Å². The highest BCUT2D eigenvalue weighted by Gasteiger charge is 2.26. The first kappa shape index (κ1) is 19.1. The minimum absolute atomic E-state index is 0.303. The number of nitrogens with one attached hydrogen (secondary N) is 1. The van der Waals surface area contributed by atoms with Crippen molar-refractivity contribution in [3.63, 3.8) is 0 Å². The SMILES string of the molecule is COc1ccc2ccccc2c1/C=N/NC(=O)c1nn(-c2ccccc2)c2c1CCC2. The smallest absolute Gasteiger partial charge is 0.292 e. The summed E-state index contributed by atoms with van der Waals surface area (Å²) in [5.74, 6) is 0.397. The Labute approximate surface area is 180 Å². The first-order valence-electron chi connectivity index (χ1n) is 10.3. The van der Waals surface area contributed by atoms with Gasteiger partial charge in [0.15, 0.2) is 5.69 Å². The van der Waals surface area contributed by atoms with Crippen LogP contribution in [-0.4, -0.2) is 29.0 Å². The second-order valence-corrected chi connectivity index (χ2v) is 7.48. The van der Waals surface area contributed by atoms with Gasteiger partial charge in [-0.25, -0.2) is 10.1 Å². The summed E-state index contributed by atoms with van der Waals surface area (Å²) in [6, 6.07) is 21.8. The molecule has 0 atom stereocenters. The van der Waals surface area contributed by atoms with Gasteiger partial charge in [0.05, 0.1) is 19.0 Å². The van der Waals surface area contributed by atoms with Crippen molar-refractivity contribution in [3.8, 4) is 11.4 Å². The molecule has 0 aliphatic heterocycles. The Morgan fingerprint density at radius 3 is 2.71 bits per heavy atom. The van der Waals surface area contributed by atoms with Crippen molar-refractivity contribution < 1.29 is 9.53 Å². The van der Waals surface area contributed by atoms with Crippen LogP contribution in [0.15, 0.2) is 71.8 Å². The Bertz CT molecular complexity index is 1290. The number of carbonyl (C=O) groups is 1. The van der Waals surface area contributed by atoms with Gasteiger partial charge in [-0.3, -0.25) is 4.79 Å². The fraction of sp³-hybridized carbons (Fsp3) is 0.160. The number of amides is 1. The Balaban J connectivity index is 1.44. The van der Waals surface area contributed by atoms with E-state index in [0.29, 0.717) is 11.4 Å². The predicted octanol–water partition coefficient (Wildman–Crippen LogP) is 4.29. The molecular formula is C25H22N4O2. The van der Waals surface area contributed by atoms with Crippen LogP contribution in [0.2, 0.25) is 0 Å². The number of hydrogen-bond donors (Lipinski definition) is 1. The van der Waals surface area contributed by atoms with Gasteiger partial charge in [0.25, 0.3) is 5.91 Å². The molecule has 1 aromatic heterocycles. The maximum Gasteiger partial charge on any atom is 0.292 e. The largest absolute Gasteiger partial charge is 0.496 e. The number of hydrogen-bond acceptors (Lipinski definition) is 4. The van der Waals surface area contributed by atoms with Gasteiger partial charge < -0.3 is 4.74 Å². The van der Waals surface area contributed by atoms with Crippen LogP contribution in [0.4, 0.5) is 0 Å². The number of fused-ring (bicyclic) bond motifs is 2. The normalized spacial score (nSPS) is 12.9. The van der Waals surface area contributed by atoms with Crippen LogP contribution in [-0.2, 0) is 12.8 Å². The van der Waals surface area contributed by atoms with Gasteiger partial charge in [-0.05, 0) is 48.2 Å². The molecule has 31 heavy (non-hydrogen) atoms. The fourth-order valence-corrected chi connectivity index (χ4v) is 4.20. The molecule has 154 valence electrons. The van der Waals surface area contributed by atoms with Gasteiger partial charge >= 0.3 is 0 Å². The van der Waals surface area contributed by atoms with Crippen LogP contribution in [0.1, 0.15) is 33.7 Å². The summed E-state index contributed by atoms with van der Waals surface area (Å²) < 4.78 is 7.37. The fourth-order valence-electron chi connectivity index (χ4n) is 4.20. The first-order valence-corrected chi connectivity index (χ1v) is 10.3. The maximum absolute atomic E-state index is 12.9. The van der Waals surface area contributed by atoms with Gasteiger partial charge in [0.2, 0.25) is 0 Å². The summed E-state index contributed by atoms with van der Waals surface area (Å²) in [4.78, 5) is 12.9. The molecule has 0 radical (unpaired) electrons. The molecule has 3 aromatic carbocycles. The quantitative estimate of drug-likeness (QED) is 0.394. The second-order valence-electron chi connectivity index (χ2n) is 7.48. The molecule has 1 aliphatic rings. The lowest BCUT2D eigenvalue weighted by Gasteiger charge is -2.08. The summed E-state index contributed by atoms with van der Waals surface area (Å²) >= 11 is 0. The monoisotopic (exact) mass is 410 g/mol. The number of para-hydroxylation sites is 1. The van der Waals surface area contributed by atoms with E-state index in [1.807, 2.05) is 71.4 Å².